The predicted molar refractivity (Wildman–Crippen MR) is 107 cm³/mol. The number of rotatable bonds is 5. The summed E-state index contributed by atoms with van der Waals surface area (Å²) in [7, 11) is 0. The maximum Gasteiger partial charge on any atom is 0.318 e. The van der Waals surface area contributed by atoms with E-state index < -0.39 is 6.04 Å². The number of hydrogen-bond donors (Lipinski definition) is 1. The van der Waals surface area contributed by atoms with E-state index in [1.807, 2.05) is 61.5 Å². The van der Waals surface area contributed by atoms with E-state index in [0.717, 1.165) is 37.1 Å². The second-order valence-electron chi connectivity index (χ2n) is 7.10. The minimum Gasteiger partial charge on any atom is -0.405 e. The smallest absolute Gasteiger partial charge is 0.318 e. The monoisotopic (exact) mass is 376 g/mol. The fraction of sp³-hybridized carbons (Fsp3) is 0.318. The van der Waals surface area contributed by atoms with E-state index in [1.165, 1.54) is 6.42 Å². The molecule has 0 aliphatic carbocycles. The fourth-order valence-electron chi connectivity index (χ4n) is 3.53. The SMILES string of the molecule is Cc1ccccc1C(=O)NC(c1ccccc1)c1nnc(N2CCCCC2)o1. The Balaban J connectivity index is 1.62. The molecule has 1 N–H and O–H groups in total. The van der Waals surface area contributed by atoms with Crippen LogP contribution in [-0.4, -0.2) is 29.2 Å². The number of anilines is 1. The summed E-state index contributed by atoms with van der Waals surface area (Å²) in [5.41, 5.74) is 2.46. The van der Waals surface area contributed by atoms with Gasteiger partial charge in [-0.25, -0.2) is 0 Å². The lowest BCUT2D eigenvalue weighted by Crippen LogP contribution is -2.30. The number of carbonyl (C=O) groups excluding carboxylic acids is 1. The van der Waals surface area contributed by atoms with Crippen molar-refractivity contribution < 1.29 is 9.21 Å². The highest BCUT2D eigenvalue weighted by Crippen LogP contribution is 2.26. The number of nitrogens with one attached hydrogen (secondary N) is 1. The van der Waals surface area contributed by atoms with E-state index in [9.17, 15) is 4.79 Å². The van der Waals surface area contributed by atoms with Crippen LogP contribution in [0.4, 0.5) is 6.01 Å². The number of aryl methyl sites for hydroxylation is 1. The number of hydrogen-bond acceptors (Lipinski definition) is 5. The number of carbonyl (C=O) groups is 1. The third kappa shape index (κ3) is 3.91. The molecule has 28 heavy (non-hydrogen) atoms. The lowest BCUT2D eigenvalue weighted by molar-refractivity contribution is 0.0937. The maximum atomic E-state index is 12.9. The van der Waals surface area contributed by atoms with Crippen molar-refractivity contribution in [2.75, 3.05) is 18.0 Å². The molecule has 6 nitrogen and oxygen atoms in total. The first kappa shape index (κ1) is 18.2. The Labute approximate surface area is 164 Å². The van der Waals surface area contributed by atoms with Gasteiger partial charge in [0.05, 0.1) is 0 Å². The molecule has 1 saturated heterocycles. The predicted octanol–water partition coefficient (Wildman–Crippen LogP) is 3.89. The van der Waals surface area contributed by atoms with Crippen LogP contribution in [-0.2, 0) is 0 Å². The van der Waals surface area contributed by atoms with Crippen molar-refractivity contribution in [2.45, 2.75) is 32.2 Å². The van der Waals surface area contributed by atoms with Crippen LogP contribution >= 0.6 is 0 Å². The Morgan fingerprint density at radius 1 is 1.00 bits per heavy atom. The summed E-state index contributed by atoms with van der Waals surface area (Å²) in [4.78, 5) is 15.0. The molecule has 0 spiro atoms. The van der Waals surface area contributed by atoms with Crippen LogP contribution in [0.15, 0.2) is 59.0 Å². The van der Waals surface area contributed by atoms with Gasteiger partial charge in [0, 0.05) is 18.7 Å². The summed E-state index contributed by atoms with van der Waals surface area (Å²) in [5, 5.41) is 11.6. The number of nitrogens with zero attached hydrogens (tertiary/aromatic N) is 3. The van der Waals surface area contributed by atoms with E-state index in [4.69, 9.17) is 4.42 Å². The molecule has 0 radical (unpaired) electrons. The van der Waals surface area contributed by atoms with Crippen molar-refractivity contribution in [3.05, 3.63) is 77.2 Å². The Morgan fingerprint density at radius 3 is 2.46 bits per heavy atom. The van der Waals surface area contributed by atoms with Crippen LogP contribution in [0.2, 0.25) is 0 Å². The third-order valence-electron chi connectivity index (χ3n) is 5.10. The molecule has 1 aliphatic rings. The van der Waals surface area contributed by atoms with Gasteiger partial charge in [-0.1, -0.05) is 53.6 Å². The minimum absolute atomic E-state index is 0.162. The van der Waals surface area contributed by atoms with Crippen molar-refractivity contribution in [3.8, 4) is 0 Å². The molecule has 2 heterocycles. The van der Waals surface area contributed by atoms with Crippen LogP contribution in [0.25, 0.3) is 0 Å². The largest absolute Gasteiger partial charge is 0.405 e. The van der Waals surface area contributed by atoms with E-state index in [0.29, 0.717) is 17.5 Å². The zero-order valence-corrected chi connectivity index (χ0v) is 16.0. The molecule has 144 valence electrons. The van der Waals surface area contributed by atoms with Gasteiger partial charge in [0.15, 0.2) is 0 Å². The van der Waals surface area contributed by atoms with Crippen molar-refractivity contribution in [3.63, 3.8) is 0 Å². The molecule has 4 rings (SSSR count). The lowest BCUT2D eigenvalue weighted by atomic mass is 10.0. The number of amides is 1. The summed E-state index contributed by atoms with van der Waals surface area (Å²) < 4.78 is 6.00. The Bertz CT molecular complexity index is 932. The van der Waals surface area contributed by atoms with Gasteiger partial charge >= 0.3 is 6.01 Å². The molecule has 1 unspecified atom stereocenters. The molecular weight excluding hydrogens is 352 g/mol. The van der Waals surface area contributed by atoms with Gasteiger partial charge in [-0.05, 0) is 43.4 Å². The van der Waals surface area contributed by atoms with Crippen molar-refractivity contribution in [2.24, 2.45) is 0 Å². The molecule has 1 aliphatic heterocycles. The normalized spacial score (nSPS) is 15.2. The average molecular weight is 376 g/mol. The Hall–Kier alpha value is -3.15. The van der Waals surface area contributed by atoms with Crippen molar-refractivity contribution in [1.82, 2.24) is 15.5 Å². The van der Waals surface area contributed by atoms with Crippen LogP contribution in [0, 0.1) is 6.92 Å². The molecule has 0 saturated carbocycles. The van der Waals surface area contributed by atoms with E-state index >= 15 is 0 Å². The van der Waals surface area contributed by atoms with Crippen LogP contribution in [0.5, 0.6) is 0 Å². The quantitative estimate of drug-likeness (QED) is 0.731. The second kappa shape index (κ2) is 8.25. The minimum atomic E-state index is -0.501. The van der Waals surface area contributed by atoms with Gasteiger partial charge < -0.3 is 14.6 Å². The summed E-state index contributed by atoms with van der Waals surface area (Å²) >= 11 is 0. The van der Waals surface area contributed by atoms with Crippen molar-refractivity contribution >= 4 is 11.9 Å². The molecular formula is C22H24N4O2. The summed E-state index contributed by atoms with van der Waals surface area (Å²) in [6, 6.07) is 17.3. The maximum absolute atomic E-state index is 12.9. The van der Waals surface area contributed by atoms with Crippen LogP contribution < -0.4 is 10.2 Å². The Morgan fingerprint density at radius 2 is 1.71 bits per heavy atom. The molecule has 3 aromatic rings. The zero-order chi connectivity index (χ0) is 19.3. The average Bonchev–Trinajstić information content (AvgIpc) is 3.23. The second-order valence-corrected chi connectivity index (χ2v) is 7.10. The third-order valence-corrected chi connectivity index (χ3v) is 5.10. The van der Waals surface area contributed by atoms with Gasteiger partial charge in [-0.3, -0.25) is 4.79 Å². The summed E-state index contributed by atoms with van der Waals surface area (Å²) in [6.07, 6.45) is 3.49. The van der Waals surface area contributed by atoms with Gasteiger partial charge in [0.2, 0.25) is 5.89 Å². The highest BCUT2D eigenvalue weighted by Gasteiger charge is 2.26. The molecule has 1 amide bonds. The van der Waals surface area contributed by atoms with Crippen LogP contribution in [0.1, 0.15) is 52.7 Å². The number of aromatic nitrogens is 2. The van der Waals surface area contributed by atoms with Gasteiger partial charge in [0.1, 0.15) is 6.04 Å². The highest BCUT2D eigenvalue weighted by atomic mass is 16.4. The first-order valence-corrected chi connectivity index (χ1v) is 9.72. The van der Waals surface area contributed by atoms with Gasteiger partial charge in [-0.15, -0.1) is 5.10 Å². The van der Waals surface area contributed by atoms with Gasteiger partial charge in [0.25, 0.3) is 5.91 Å². The first-order chi connectivity index (χ1) is 13.7. The molecule has 2 aromatic carbocycles. The van der Waals surface area contributed by atoms with E-state index in [-0.39, 0.29) is 5.91 Å². The molecule has 0 bridgehead atoms. The van der Waals surface area contributed by atoms with E-state index in [2.05, 4.69) is 20.4 Å². The highest BCUT2D eigenvalue weighted by molar-refractivity contribution is 5.96. The summed E-state index contributed by atoms with van der Waals surface area (Å²) in [6.45, 7) is 3.77. The molecule has 6 heteroatoms. The number of piperidine rings is 1. The van der Waals surface area contributed by atoms with Gasteiger partial charge in [-0.2, -0.15) is 0 Å². The zero-order valence-electron chi connectivity index (χ0n) is 16.0. The standard InChI is InChI=1S/C22H24N4O2/c1-16-10-6-7-13-18(16)20(27)23-19(17-11-4-2-5-12-17)21-24-25-22(28-21)26-14-8-3-9-15-26/h2,4-7,10-13,19H,3,8-9,14-15H2,1H3,(H,23,27). The van der Waals surface area contributed by atoms with E-state index in [1.54, 1.807) is 0 Å². The summed E-state index contributed by atoms with van der Waals surface area (Å²) in [5.74, 6) is 0.235. The molecule has 1 fully saturated rings. The first-order valence-electron chi connectivity index (χ1n) is 9.72. The Kier molecular flexibility index (Phi) is 5.37. The lowest BCUT2D eigenvalue weighted by Gasteiger charge is -2.24. The number of benzene rings is 2. The molecule has 1 aromatic heterocycles. The van der Waals surface area contributed by atoms with Crippen molar-refractivity contribution in [1.29, 1.82) is 0 Å². The molecule has 1 atom stereocenters. The topological polar surface area (TPSA) is 71.3 Å². The van der Waals surface area contributed by atoms with Crippen LogP contribution in [0.3, 0.4) is 0 Å². The fourth-order valence-corrected chi connectivity index (χ4v) is 3.53.